The number of nitrogens with one attached hydrogen (secondary N) is 1. The Kier molecular flexibility index (Phi) is 7.60. The van der Waals surface area contributed by atoms with Crippen molar-refractivity contribution in [2.24, 2.45) is 0 Å². The lowest BCUT2D eigenvalue weighted by Crippen LogP contribution is -2.27. The van der Waals surface area contributed by atoms with E-state index < -0.39 is 10.0 Å². The summed E-state index contributed by atoms with van der Waals surface area (Å²) in [5.41, 5.74) is 3.24. The van der Waals surface area contributed by atoms with Gasteiger partial charge in [-0.25, -0.2) is 13.1 Å². The molecule has 0 unspecified atom stereocenters. The zero-order valence-corrected chi connectivity index (χ0v) is 18.7. The zero-order chi connectivity index (χ0) is 22.3. The highest BCUT2D eigenvalue weighted by Gasteiger charge is 2.15. The Bertz CT molecular complexity index is 1110. The molecule has 0 aliphatic heterocycles. The van der Waals surface area contributed by atoms with Crippen LogP contribution in [0.2, 0.25) is 0 Å². The summed E-state index contributed by atoms with van der Waals surface area (Å²) < 4.78 is 27.8. The predicted octanol–water partition coefficient (Wildman–Crippen LogP) is 4.70. The third-order valence-corrected chi connectivity index (χ3v) is 6.53. The van der Waals surface area contributed by atoms with E-state index >= 15 is 0 Å². The van der Waals surface area contributed by atoms with Crippen molar-refractivity contribution in [3.8, 4) is 11.1 Å². The number of hydrogen-bond donors (Lipinski definition) is 1. The van der Waals surface area contributed by atoms with Gasteiger partial charge in [-0.3, -0.25) is 4.79 Å². The van der Waals surface area contributed by atoms with E-state index in [-0.39, 0.29) is 17.3 Å². The van der Waals surface area contributed by atoms with Gasteiger partial charge in [-0.2, -0.15) is 0 Å². The van der Waals surface area contributed by atoms with Gasteiger partial charge in [0.1, 0.15) is 0 Å². The molecule has 1 N–H and O–H groups in total. The minimum atomic E-state index is -3.61. The van der Waals surface area contributed by atoms with Gasteiger partial charge in [0.25, 0.3) is 5.91 Å². The van der Waals surface area contributed by atoms with Gasteiger partial charge in [0.05, 0.1) is 4.90 Å². The number of hydrogen-bond acceptors (Lipinski definition) is 3. The summed E-state index contributed by atoms with van der Waals surface area (Å²) in [6.45, 7) is 3.06. The van der Waals surface area contributed by atoms with Gasteiger partial charge >= 0.3 is 0 Å². The topological polar surface area (TPSA) is 66.5 Å². The summed E-state index contributed by atoms with van der Waals surface area (Å²) in [6, 6.07) is 23.5. The second-order valence-corrected chi connectivity index (χ2v) is 9.26. The first-order valence-electron chi connectivity index (χ1n) is 10.4. The summed E-state index contributed by atoms with van der Waals surface area (Å²) in [7, 11) is -1.80. The van der Waals surface area contributed by atoms with Crippen LogP contribution in [0.15, 0.2) is 83.8 Å². The molecular weight excluding hydrogens is 408 g/mol. The van der Waals surface area contributed by atoms with Gasteiger partial charge in [-0.05, 0) is 47.4 Å². The van der Waals surface area contributed by atoms with Crippen molar-refractivity contribution in [3.63, 3.8) is 0 Å². The average molecular weight is 437 g/mol. The highest BCUT2D eigenvalue weighted by atomic mass is 32.2. The Morgan fingerprint density at radius 1 is 0.903 bits per heavy atom. The number of rotatable bonds is 9. The van der Waals surface area contributed by atoms with Gasteiger partial charge < -0.3 is 4.90 Å². The number of carbonyl (C=O) groups is 1. The molecule has 3 aromatic carbocycles. The minimum absolute atomic E-state index is 0.0143. The van der Waals surface area contributed by atoms with Gasteiger partial charge in [0, 0.05) is 25.7 Å². The number of nitrogens with zero attached hydrogens (tertiary/aromatic N) is 1. The van der Waals surface area contributed by atoms with E-state index in [1.54, 1.807) is 35.2 Å². The molecule has 6 heteroatoms. The second-order valence-electron chi connectivity index (χ2n) is 7.50. The fraction of sp³-hybridized carbons (Fsp3) is 0.240. The molecule has 0 fully saturated rings. The molecule has 0 spiro atoms. The van der Waals surface area contributed by atoms with Crippen LogP contribution in [0.1, 0.15) is 35.7 Å². The van der Waals surface area contributed by atoms with Crippen molar-refractivity contribution >= 4 is 15.9 Å². The predicted molar refractivity (Wildman–Crippen MR) is 124 cm³/mol. The fourth-order valence-corrected chi connectivity index (χ4v) is 4.25. The molecule has 0 bridgehead atoms. The third kappa shape index (κ3) is 6.03. The lowest BCUT2D eigenvalue weighted by Gasteiger charge is -2.17. The monoisotopic (exact) mass is 436 g/mol. The number of benzene rings is 3. The van der Waals surface area contributed by atoms with Crippen LogP contribution in [0.25, 0.3) is 11.1 Å². The van der Waals surface area contributed by atoms with Gasteiger partial charge in [-0.1, -0.05) is 67.9 Å². The van der Waals surface area contributed by atoms with E-state index in [9.17, 15) is 13.2 Å². The maximum atomic E-state index is 12.6. The standard InChI is InChI=1S/C25H28N2O3S/c1-3-4-17-27(2)25(28)23-12-8-11-22(18-23)21-13-15-24(16-14-21)31(29,30)26-19-20-9-6-5-7-10-20/h5-16,18,26H,3-4,17,19H2,1-2H3. The maximum absolute atomic E-state index is 12.6. The molecule has 0 saturated carbocycles. The average Bonchev–Trinajstić information content (AvgIpc) is 2.81. The van der Waals surface area contributed by atoms with Crippen LogP contribution >= 0.6 is 0 Å². The van der Waals surface area contributed by atoms with Crippen LogP contribution in [-0.2, 0) is 16.6 Å². The molecule has 0 radical (unpaired) electrons. The SMILES string of the molecule is CCCCN(C)C(=O)c1cccc(-c2ccc(S(=O)(=O)NCc3ccccc3)cc2)c1. The number of unbranched alkanes of at least 4 members (excludes halogenated alkanes) is 1. The number of carbonyl (C=O) groups excluding carboxylic acids is 1. The van der Waals surface area contributed by atoms with E-state index in [1.165, 1.54) is 0 Å². The first-order chi connectivity index (χ1) is 14.9. The maximum Gasteiger partial charge on any atom is 0.253 e. The number of sulfonamides is 1. The van der Waals surface area contributed by atoms with Gasteiger partial charge in [0.15, 0.2) is 0 Å². The van der Waals surface area contributed by atoms with Crippen LogP contribution in [0.5, 0.6) is 0 Å². The molecule has 0 atom stereocenters. The van der Waals surface area contributed by atoms with E-state index in [4.69, 9.17) is 0 Å². The molecule has 0 aliphatic rings. The normalized spacial score (nSPS) is 11.3. The molecule has 0 saturated heterocycles. The van der Waals surface area contributed by atoms with Crippen LogP contribution in [-0.4, -0.2) is 32.8 Å². The Labute approximate surface area is 184 Å². The first-order valence-corrected chi connectivity index (χ1v) is 11.9. The molecule has 3 rings (SSSR count). The van der Waals surface area contributed by atoms with Crippen molar-refractivity contribution < 1.29 is 13.2 Å². The first kappa shape index (κ1) is 22.7. The summed E-state index contributed by atoms with van der Waals surface area (Å²) in [4.78, 5) is 14.6. The minimum Gasteiger partial charge on any atom is -0.342 e. The molecule has 5 nitrogen and oxygen atoms in total. The van der Waals surface area contributed by atoms with Crippen LogP contribution in [0.3, 0.4) is 0 Å². The molecule has 1 amide bonds. The van der Waals surface area contributed by atoms with Gasteiger partial charge in [0.2, 0.25) is 10.0 Å². The smallest absolute Gasteiger partial charge is 0.253 e. The van der Waals surface area contributed by atoms with Crippen LogP contribution in [0, 0.1) is 0 Å². The fourth-order valence-electron chi connectivity index (χ4n) is 3.23. The van der Waals surface area contributed by atoms with Crippen molar-refractivity contribution in [2.45, 2.75) is 31.2 Å². The second kappa shape index (κ2) is 10.4. The van der Waals surface area contributed by atoms with E-state index in [2.05, 4.69) is 11.6 Å². The highest BCUT2D eigenvalue weighted by molar-refractivity contribution is 7.89. The lowest BCUT2D eigenvalue weighted by atomic mass is 10.0. The van der Waals surface area contributed by atoms with E-state index in [1.807, 2.05) is 55.6 Å². The molecule has 0 aromatic heterocycles. The highest BCUT2D eigenvalue weighted by Crippen LogP contribution is 2.23. The largest absolute Gasteiger partial charge is 0.342 e. The Morgan fingerprint density at radius 2 is 1.61 bits per heavy atom. The molecule has 31 heavy (non-hydrogen) atoms. The summed E-state index contributed by atoms with van der Waals surface area (Å²) in [5, 5.41) is 0. The summed E-state index contributed by atoms with van der Waals surface area (Å²) >= 11 is 0. The summed E-state index contributed by atoms with van der Waals surface area (Å²) in [6.07, 6.45) is 2.00. The van der Waals surface area contributed by atoms with Crippen molar-refractivity contribution in [3.05, 3.63) is 90.0 Å². The molecular formula is C25H28N2O3S. The van der Waals surface area contributed by atoms with Crippen LogP contribution in [0.4, 0.5) is 0 Å². The Hall–Kier alpha value is -2.96. The lowest BCUT2D eigenvalue weighted by molar-refractivity contribution is 0.0793. The number of amides is 1. The Balaban J connectivity index is 1.73. The molecule has 3 aromatic rings. The van der Waals surface area contributed by atoms with Crippen molar-refractivity contribution in [2.75, 3.05) is 13.6 Å². The molecule has 0 aliphatic carbocycles. The van der Waals surface area contributed by atoms with Crippen molar-refractivity contribution in [1.82, 2.24) is 9.62 Å². The summed E-state index contributed by atoms with van der Waals surface area (Å²) in [5.74, 6) is -0.0143. The Morgan fingerprint density at radius 3 is 2.29 bits per heavy atom. The van der Waals surface area contributed by atoms with Crippen LogP contribution < -0.4 is 4.72 Å². The third-order valence-electron chi connectivity index (χ3n) is 5.11. The van der Waals surface area contributed by atoms with Gasteiger partial charge in [-0.15, -0.1) is 0 Å². The quantitative estimate of drug-likeness (QED) is 0.529. The zero-order valence-electron chi connectivity index (χ0n) is 17.9. The molecule has 0 heterocycles. The van der Waals surface area contributed by atoms with E-state index in [0.29, 0.717) is 5.56 Å². The van der Waals surface area contributed by atoms with E-state index in [0.717, 1.165) is 36.1 Å². The molecule has 162 valence electrons. The van der Waals surface area contributed by atoms with Crippen molar-refractivity contribution in [1.29, 1.82) is 0 Å².